The van der Waals surface area contributed by atoms with E-state index in [2.05, 4.69) is 41.1 Å². The van der Waals surface area contributed by atoms with Gasteiger partial charge in [-0.25, -0.2) is 9.97 Å². The second kappa shape index (κ2) is 10.1. The van der Waals surface area contributed by atoms with Crippen LogP contribution in [-0.4, -0.2) is 47.2 Å². The van der Waals surface area contributed by atoms with Crippen LogP contribution < -0.4 is 20.5 Å². The monoisotopic (exact) mass is 531 g/mol. The Bertz CT molecular complexity index is 1340. The van der Waals surface area contributed by atoms with Crippen molar-refractivity contribution in [3.63, 3.8) is 0 Å². The molecule has 10 heteroatoms. The van der Waals surface area contributed by atoms with Gasteiger partial charge in [0, 0.05) is 28.7 Å². The van der Waals surface area contributed by atoms with E-state index >= 15 is 0 Å². The van der Waals surface area contributed by atoms with E-state index in [1.807, 2.05) is 6.07 Å². The number of fused-ring (bicyclic) bond motifs is 1. The Morgan fingerprint density at radius 3 is 2.47 bits per heavy atom. The standard InChI is InChI=1S/C28H36F3N5O2/c1-15-20(10-18(32)11-22(15)28(29,30)31)16(2)33-26-21-12-25(24(37-7)13-23(21)34-17(3)35-26)38-14-19-8-9-27(4,5)36(19)6/h10-13,16,19H,8-9,14,32H2,1-7H3,(H,33,34,35)/t16-,19+/m1/s1. The van der Waals surface area contributed by atoms with Crippen molar-refractivity contribution in [1.82, 2.24) is 14.9 Å². The lowest BCUT2D eigenvalue weighted by Gasteiger charge is -2.31. The van der Waals surface area contributed by atoms with Gasteiger partial charge in [-0.1, -0.05) is 0 Å². The Morgan fingerprint density at radius 1 is 1.16 bits per heavy atom. The molecule has 2 atom stereocenters. The molecule has 1 fully saturated rings. The molecule has 2 heterocycles. The second-order valence-corrected chi connectivity index (χ2v) is 10.7. The third kappa shape index (κ3) is 5.45. The Balaban J connectivity index is 1.68. The first-order chi connectivity index (χ1) is 17.7. The number of rotatable bonds is 7. The lowest BCUT2D eigenvalue weighted by atomic mass is 9.96. The summed E-state index contributed by atoms with van der Waals surface area (Å²) in [6, 6.07) is 5.91. The first-order valence-electron chi connectivity index (χ1n) is 12.7. The number of likely N-dealkylation sites (N-methyl/N-ethyl adjacent to an activating group) is 1. The molecule has 4 rings (SSSR count). The number of aromatic nitrogens is 2. The van der Waals surface area contributed by atoms with E-state index in [4.69, 9.17) is 15.2 Å². The minimum absolute atomic E-state index is 0.0517. The summed E-state index contributed by atoms with van der Waals surface area (Å²) >= 11 is 0. The maximum atomic E-state index is 13.6. The van der Waals surface area contributed by atoms with Gasteiger partial charge in [-0.15, -0.1) is 0 Å². The van der Waals surface area contributed by atoms with Crippen molar-refractivity contribution in [1.29, 1.82) is 0 Å². The molecule has 0 spiro atoms. The van der Waals surface area contributed by atoms with E-state index in [1.165, 1.54) is 6.92 Å². The number of hydrogen-bond acceptors (Lipinski definition) is 7. The van der Waals surface area contributed by atoms with Crippen molar-refractivity contribution in [3.05, 3.63) is 46.8 Å². The van der Waals surface area contributed by atoms with Crippen molar-refractivity contribution in [2.45, 2.75) is 71.3 Å². The molecule has 3 aromatic rings. The Kier molecular flexibility index (Phi) is 7.40. The quantitative estimate of drug-likeness (QED) is 0.347. The minimum Gasteiger partial charge on any atom is -0.493 e. The van der Waals surface area contributed by atoms with Gasteiger partial charge in [0.25, 0.3) is 0 Å². The van der Waals surface area contributed by atoms with Crippen LogP contribution in [0.5, 0.6) is 11.5 Å². The number of nitrogens with two attached hydrogens (primary N) is 1. The van der Waals surface area contributed by atoms with Crippen molar-refractivity contribution in [2.75, 3.05) is 31.8 Å². The highest BCUT2D eigenvalue weighted by Crippen LogP contribution is 2.39. The third-order valence-electron chi connectivity index (χ3n) is 7.71. The van der Waals surface area contributed by atoms with Gasteiger partial charge in [0.2, 0.25) is 0 Å². The van der Waals surface area contributed by atoms with Gasteiger partial charge in [0.1, 0.15) is 18.2 Å². The van der Waals surface area contributed by atoms with Crippen molar-refractivity contribution < 1.29 is 22.6 Å². The fourth-order valence-corrected chi connectivity index (χ4v) is 5.19. The number of likely N-dealkylation sites (tertiary alicyclic amines) is 1. The average molecular weight is 532 g/mol. The lowest BCUT2D eigenvalue weighted by Crippen LogP contribution is -2.41. The van der Waals surface area contributed by atoms with E-state index in [-0.39, 0.29) is 22.8 Å². The van der Waals surface area contributed by atoms with E-state index < -0.39 is 17.8 Å². The van der Waals surface area contributed by atoms with Gasteiger partial charge < -0.3 is 20.5 Å². The highest BCUT2D eigenvalue weighted by Gasteiger charge is 2.37. The van der Waals surface area contributed by atoms with Crippen molar-refractivity contribution in [2.24, 2.45) is 0 Å². The molecule has 2 aromatic carbocycles. The third-order valence-corrected chi connectivity index (χ3v) is 7.71. The number of nitrogens with one attached hydrogen (secondary N) is 1. The molecule has 0 bridgehead atoms. The Hall–Kier alpha value is -3.27. The molecule has 0 aliphatic carbocycles. The molecule has 0 unspecified atom stereocenters. The average Bonchev–Trinajstić information content (AvgIpc) is 3.09. The molecule has 206 valence electrons. The molecule has 38 heavy (non-hydrogen) atoms. The van der Waals surface area contributed by atoms with Crippen molar-refractivity contribution >= 4 is 22.4 Å². The van der Waals surface area contributed by atoms with Crippen LogP contribution in [0.15, 0.2) is 24.3 Å². The zero-order valence-electron chi connectivity index (χ0n) is 23.0. The Labute approximate surface area is 221 Å². The lowest BCUT2D eigenvalue weighted by molar-refractivity contribution is -0.138. The van der Waals surface area contributed by atoms with Gasteiger partial charge >= 0.3 is 6.18 Å². The fourth-order valence-electron chi connectivity index (χ4n) is 5.19. The van der Waals surface area contributed by atoms with Gasteiger partial charge in [-0.2, -0.15) is 13.2 Å². The molecule has 1 saturated heterocycles. The molecular formula is C28H36F3N5O2. The van der Waals surface area contributed by atoms with Crippen LogP contribution in [-0.2, 0) is 6.18 Å². The number of hydrogen-bond donors (Lipinski definition) is 2. The number of methoxy groups -OCH3 is 1. The topological polar surface area (TPSA) is 85.5 Å². The van der Waals surface area contributed by atoms with Crippen LogP contribution in [0.4, 0.5) is 24.7 Å². The highest BCUT2D eigenvalue weighted by atomic mass is 19.4. The highest BCUT2D eigenvalue weighted by molar-refractivity contribution is 5.92. The van der Waals surface area contributed by atoms with Crippen LogP contribution in [0.2, 0.25) is 0 Å². The van der Waals surface area contributed by atoms with E-state index in [0.29, 0.717) is 46.2 Å². The van der Waals surface area contributed by atoms with Crippen LogP contribution >= 0.6 is 0 Å². The first kappa shape index (κ1) is 27.8. The number of alkyl halides is 3. The van der Waals surface area contributed by atoms with Gasteiger partial charge in [-0.05, 0) is 83.8 Å². The summed E-state index contributed by atoms with van der Waals surface area (Å²) in [5.41, 5.74) is 6.47. The summed E-state index contributed by atoms with van der Waals surface area (Å²) in [6.45, 7) is 9.94. The second-order valence-electron chi connectivity index (χ2n) is 10.7. The summed E-state index contributed by atoms with van der Waals surface area (Å²) in [7, 11) is 3.69. The van der Waals surface area contributed by atoms with Gasteiger partial charge in [-0.3, -0.25) is 4.90 Å². The normalized spacial score (nSPS) is 18.5. The van der Waals surface area contributed by atoms with E-state index in [1.54, 1.807) is 33.1 Å². The number of halogens is 3. The minimum atomic E-state index is -4.50. The SMILES string of the molecule is COc1cc2nc(C)nc(N[C@H](C)c3cc(N)cc(C(F)(F)F)c3C)c2cc1OC[C@@H]1CCC(C)(C)N1C. The molecule has 0 saturated carbocycles. The zero-order chi connectivity index (χ0) is 28.0. The summed E-state index contributed by atoms with van der Waals surface area (Å²) in [5.74, 6) is 2.11. The maximum Gasteiger partial charge on any atom is 0.416 e. The van der Waals surface area contributed by atoms with Crippen LogP contribution in [0, 0.1) is 13.8 Å². The van der Waals surface area contributed by atoms with Crippen LogP contribution in [0.3, 0.4) is 0 Å². The molecule has 1 aliphatic heterocycles. The fraction of sp³-hybridized carbons (Fsp3) is 0.500. The number of ether oxygens (including phenoxy) is 2. The van der Waals surface area contributed by atoms with Crippen molar-refractivity contribution in [3.8, 4) is 11.5 Å². The first-order valence-corrected chi connectivity index (χ1v) is 12.7. The largest absolute Gasteiger partial charge is 0.493 e. The number of nitrogen functional groups attached to an aromatic ring is 1. The molecule has 0 radical (unpaired) electrons. The number of nitrogens with zero attached hydrogens (tertiary/aromatic N) is 3. The number of aryl methyl sites for hydroxylation is 1. The predicted molar refractivity (Wildman–Crippen MR) is 144 cm³/mol. The summed E-state index contributed by atoms with van der Waals surface area (Å²) in [4.78, 5) is 11.5. The summed E-state index contributed by atoms with van der Waals surface area (Å²) < 4.78 is 52.7. The predicted octanol–water partition coefficient (Wildman–Crippen LogP) is 6.28. The van der Waals surface area contributed by atoms with E-state index in [9.17, 15) is 13.2 Å². The number of anilines is 2. The smallest absolute Gasteiger partial charge is 0.416 e. The van der Waals surface area contributed by atoms with E-state index in [0.717, 1.165) is 18.9 Å². The van der Waals surface area contributed by atoms with Gasteiger partial charge in [0.15, 0.2) is 11.5 Å². The summed E-state index contributed by atoms with van der Waals surface area (Å²) in [5, 5.41) is 3.97. The molecule has 7 nitrogen and oxygen atoms in total. The molecule has 1 aliphatic rings. The molecule has 0 amide bonds. The molecule has 3 N–H and O–H groups in total. The number of benzene rings is 2. The zero-order valence-corrected chi connectivity index (χ0v) is 23.0. The van der Waals surface area contributed by atoms with Gasteiger partial charge in [0.05, 0.1) is 24.2 Å². The van der Waals surface area contributed by atoms with Crippen LogP contribution in [0.25, 0.3) is 10.9 Å². The molecular weight excluding hydrogens is 495 g/mol. The summed E-state index contributed by atoms with van der Waals surface area (Å²) in [6.07, 6.45) is -2.38. The Morgan fingerprint density at radius 2 is 1.87 bits per heavy atom. The molecule has 1 aromatic heterocycles. The maximum absolute atomic E-state index is 13.6. The van der Waals surface area contributed by atoms with Crippen LogP contribution in [0.1, 0.15) is 62.2 Å².